The van der Waals surface area contributed by atoms with Crippen molar-refractivity contribution >= 4 is 11.5 Å². The number of nitrogens with zero attached hydrogens (tertiary/aromatic N) is 4. The third-order valence-electron chi connectivity index (χ3n) is 4.47. The van der Waals surface area contributed by atoms with Gasteiger partial charge in [0.25, 0.3) is 0 Å². The molecule has 24 heavy (non-hydrogen) atoms. The Balaban J connectivity index is 1.47. The van der Waals surface area contributed by atoms with Crippen LogP contribution in [0.25, 0.3) is 5.65 Å². The lowest BCUT2D eigenvalue weighted by Gasteiger charge is -2.21. The molecular formula is C18H21N5O. The first-order valence-corrected chi connectivity index (χ1v) is 8.41. The van der Waals surface area contributed by atoms with Gasteiger partial charge in [-0.2, -0.15) is 4.52 Å². The van der Waals surface area contributed by atoms with Crippen molar-refractivity contribution in [3.05, 3.63) is 53.9 Å². The third-order valence-corrected chi connectivity index (χ3v) is 4.47. The Hall–Kier alpha value is -2.47. The normalized spacial score (nSPS) is 16.9. The van der Waals surface area contributed by atoms with E-state index in [1.54, 1.807) is 0 Å². The van der Waals surface area contributed by atoms with Gasteiger partial charge in [-0.05, 0) is 37.5 Å². The summed E-state index contributed by atoms with van der Waals surface area (Å²) >= 11 is 0. The van der Waals surface area contributed by atoms with Gasteiger partial charge in [-0.25, -0.2) is 0 Å². The first-order chi connectivity index (χ1) is 11.7. The summed E-state index contributed by atoms with van der Waals surface area (Å²) in [4.78, 5) is 0. The average molecular weight is 323 g/mol. The molecular weight excluding hydrogens is 302 g/mol. The molecule has 0 bridgehead atoms. The van der Waals surface area contributed by atoms with Gasteiger partial charge in [-0.1, -0.05) is 30.3 Å². The van der Waals surface area contributed by atoms with Crippen LogP contribution in [0.3, 0.4) is 0 Å². The molecule has 0 aliphatic heterocycles. The van der Waals surface area contributed by atoms with Gasteiger partial charge in [-0.15, -0.1) is 15.3 Å². The van der Waals surface area contributed by atoms with Gasteiger partial charge < -0.3 is 10.4 Å². The Morgan fingerprint density at radius 1 is 1.17 bits per heavy atom. The first-order valence-electron chi connectivity index (χ1n) is 8.41. The number of rotatable bonds is 6. The summed E-state index contributed by atoms with van der Waals surface area (Å²) in [5.41, 5.74) is 1.89. The highest BCUT2D eigenvalue weighted by atomic mass is 16.3. The number of hydrogen-bond acceptors (Lipinski definition) is 5. The molecule has 6 heteroatoms. The number of aromatic nitrogens is 4. The predicted molar refractivity (Wildman–Crippen MR) is 92.0 cm³/mol. The number of aliphatic hydroxyl groups is 1. The second kappa shape index (κ2) is 6.20. The number of benzene rings is 1. The van der Waals surface area contributed by atoms with Crippen LogP contribution in [0, 0.1) is 0 Å². The molecule has 2 aromatic heterocycles. The van der Waals surface area contributed by atoms with Gasteiger partial charge in [0, 0.05) is 12.3 Å². The molecule has 124 valence electrons. The fourth-order valence-corrected chi connectivity index (χ4v) is 2.84. The Bertz CT molecular complexity index is 828. The number of fused-ring (bicyclic) bond motifs is 1. The number of hydrogen-bond donors (Lipinski definition) is 2. The van der Waals surface area contributed by atoms with Gasteiger partial charge >= 0.3 is 0 Å². The summed E-state index contributed by atoms with van der Waals surface area (Å²) in [5.74, 6) is 2.15. The fourth-order valence-electron chi connectivity index (χ4n) is 2.84. The minimum atomic E-state index is -0.492. The second-order valence-corrected chi connectivity index (χ2v) is 6.51. The van der Waals surface area contributed by atoms with Crippen LogP contribution in [-0.4, -0.2) is 37.1 Å². The zero-order valence-corrected chi connectivity index (χ0v) is 13.6. The summed E-state index contributed by atoms with van der Waals surface area (Å²) < 4.78 is 1.82. The van der Waals surface area contributed by atoms with E-state index in [0.29, 0.717) is 12.3 Å². The van der Waals surface area contributed by atoms with Gasteiger partial charge in [0.15, 0.2) is 11.5 Å². The molecule has 1 aromatic carbocycles. The summed E-state index contributed by atoms with van der Waals surface area (Å²) in [6.45, 7) is 1.97. The van der Waals surface area contributed by atoms with Gasteiger partial charge in [0.05, 0.1) is 12.1 Å². The molecule has 1 fully saturated rings. The molecule has 6 nitrogen and oxygen atoms in total. The quantitative estimate of drug-likeness (QED) is 0.728. The maximum absolute atomic E-state index is 10.4. The smallest absolute Gasteiger partial charge is 0.178 e. The highest BCUT2D eigenvalue weighted by Gasteiger charge is 2.29. The van der Waals surface area contributed by atoms with E-state index >= 15 is 0 Å². The van der Waals surface area contributed by atoms with Crippen LogP contribution in [0.15, 0.2) is 42.5 Å². The van der Waals surface area contributed by atoms with Crippen molar-refractivity contribution < 1.29 is 5.11 Å². The summed E-state index contributed by atoms with van der Waals surface area (Å²) in [6.07, 6.45) is 2.43. The molecule has 1 aliphatic carbocycles. The van der Waals surface area contributed by atoms with Crippen molar-refractivity contribution in [1.82, 2.24) is 19.8 Å². The summed E-state index contributed by atoms with van der Waals surface area (Å²) in [5, 5.41) is 26.7. The molecule has 2 heterocycles. The monoisotopic (exact) mass is 323 g/mol. The highest BCUT2D eigenvalue weighted by molar-refractivity contribution is 5.45. The van der Waals surface area contributed by atoms with Crippen molar-refractivity contribution in [1.29, 1.82) is 0 Å². The van der Waals surface area contributed by atoms with E-state index in [1.165, 1.54) is 0 Å². The molecule has 0 saturated heterocycles. The van der Waals surface area contributed by atoms with Crippen LogP contribution in [-0.2, 0) is 6.42 Å². The van der Waals surface area contributed by atoms with Crippen LogP contribution in [0.4, 0.5) is 5.82 Å². The molecule has 3 aromatic rings. The minimum absolute atomic E-state index is 0.115. The van der Waals surface area contributed by atoms with Crippen LogP contribution in [0.2, 0.25) is 0 Å². The predicted octanol–water partition coefficient (Wildman–Crippen LogP) is 2.41. The molecule has 4 rings (SSSR count). The van der Waals surface area contributed by atoms with Crippen molar-refractivity contribution in [3.63, 3.8) is 0 Å². The second-order valence-electron chi connectivity index (χ2n) is 6.51. The maximum atomic E-state index is 10.4. The van der Waals surface area contributed by atoms with Crippen LogP contribution < -0.4 is 5.32 Å². The molecule has 1 saturated carbocycles. The lowest BCUT2D eigenvalue weighted by atomic mass is 10.0. The molecule has 1 aliphatic rings. The average Bonchev–Trinajstić information content (AvgIpc) is 3.35. The van der Waals surface area contributed by atoms with E-state index in [9.17, 15) is 5.11 Å². The van der Waals surface area contributed by atoms with E-state index in [4.69, 9.17) is 0 Å². The summed E-state index contributed by atoms with van der Waals surface area (Å²) in [6, 6.07) is 13.7. The van der Waals surface area contributed by atoms with Crippen molar-refractivity contribution in [2.45, 2.75) is 44.2 Å². The van der Waals surface area contributed by atoms with Crippen LogP contribution >= 0.6 is 0 Å². The zero-order valence-electron chi connectivity index (χ0n) is 13.6. The van der Waals surface area contributed by atoms with Crippen LogP contribution in [0.5, 0.6) is 0 Å². The SMILES string of the molecule is CC(Nc1ccc2nnc(C3CC3)n2n1)C(O)Cc1ccccc1. The Morgan fingerprint density at radius 2 is 1.96 bits per heavy atom. The Labute approximate surface area is 140 Å². The third kappa shape index (κ3) is 3.10. The Morgan fingerprint density at radius 3 is 2.71 bits per heavy atom. The molecule has 2 N–H and O–H groups in total. The fraction of sp³-hybridized carbons (Fsp3) is 0.389. The van der Waals surface area contributed by atoms with Crippen molar-refractivity contribution in [3.8, 4) is 0 Å². The molecule has 0 radical (unpaired) electrons. The minimum Gasteiger partial charge on any atom is -0.391 e. The first kappa shape index (κ1) is 15.1. The summed E-state index contributed by atoms with van der Waals surface area (Å²) in [7, 11) is 0. The topological polar surface area (TPSA) is 75.3 Å². The maximum Gasteiger partial charge on any atom is 0.178 e. The lowest BCUT2D eigenvalue weighted by Crippen LogP contribution is -2.32. The number of nitrogens with one attached hydrogen (secondary N) is 1. The van der Waals surface area contributed by atoms with Crippen LogP contribution in [0.1, 0.15) is 37.1 Å². The largest absolute Gasteiger partial charge is 0.391 e. The standard InChI is InChI=1S/C18H21N5O/c1-12(15(24)11-13-5-3-2-4-6-13)19-16-9-10-17-20-21-18(14-7-8-14)23(17)22-16/h2-6,9-10,12,14-15,24H,7-8,11H2,1H3,(H,19,22). The highest BCUT2D eigenvalue weighted by Crippen LogP contribution is 2.38. The van der Waals surface area contributed by atoms with Crippen molar-refractivity contribution in [2.75, 3.05) is 5.32 Å². The van der Waals surface area contributed by atoms with E-state index < -0.39 is 6.10 Å². The van der Waals surface area contributed by atoms with E-state index in [0.717, 1.165) is 35.7 Å². The molecule has 0 spiro atoms. The lowest BCUT2D eigenvalue weighted by molar-refractivity contribution is 0.158. The number of aliphatic hydroxyl groups excluding tert-OH is 1. The number of anilines is 1. The zero-order chi connectivity index (χ0) is 16.5. The Kier molecular flexibility index (Phi) is 3.90. The van der Waals surface area contributed by atoms with E-state index in [1.807, 2.05) is 53.9 Å². The van der Waals surface area contributed by atoms with Gasteiger partial charge in [-0.3, -0.25) is 0 Å². The molecule has 2 unspecified atom stereocenters. The molecule has 2 atom stereocenters. The molecule has 0 amide bonds. The van der Waals surface area contributed by atoms with Gasteiger partial charge in [0.1, 0.15) is 5.82 Å². The van der Waals surface area contributed by atoms with Gasteiger partial charge in [0.2, 0.25) is 0 Å². The van der Waals surface area contributed by atoms with E-state index in [-0.39, 0.29) is 6.04 Å². The van der Waals surface area contributed by atoms with Crippen molar-refractivity contribution in [2.24, 2.45) is 0 Å². The van der Waals surface area contributed by atoms with E-state index in [2.05, 4.69) is 20.6 Å².